The molecule has 0 aliphatic heterocycles. The maximum atomic E-state index is 10.9. The fourth-order valence-electron chi connectivity index (χ4n) is 1.52. The molecule has 2 unspecified atom stereocenters. The lowest BCUT2D eigenvalue weighted by Gasteiger charge is -2.21. The Morgan fingerprint density at radius 3 is 3.08 bits per heavy atom. The zero-order valence-electron chi connectivity index (χ0n) is 7.32. The van der Waals surface area contributed by atoms with E-state index in [9.17, 15) is 4.79 Å². The Morgan fingerprint density at radius 2 is 2.58 bits per heavy atom. The van der Waals surface area contributed by atoms with Gasteiger partial charge in [0.15, 0.2) is 5.78 Å². The zero-order chi connectivity index (χ0) is 8.97. The van der Waals surface area contributed by atoms with Gasteiger partial charge in [0.2, 0.25) is 0 Å². The summed E-state index contributed by atoms with van der Waals surface area (Å²) in [7, 11) is 0. The van der Waals surface area contributed by atoms with Crippen LogP contribution in [0.4, 0.5) is 0 Å². The highest BCUT2D eigenvalue weighted by Crippen LogP contribution is 2.24. The van der Waals surface area contributed by atoms with Crippen LogP contribution in [0.2, 0.25) is 0 Å². The van der Waals surface area contributed by atoms with Crippen molar-refractivity contribution in [1.82, 2.24) is 0 Å². The second kappa shape index (κ2) is 4.51. The summed E-state index contributed by atoms with van der Waals surface area (Å²) in [6, 6.07) is 0. The van der Waals surface area contributed by atoms with Crippen molar-refractivity contribution >= 4 is 23.4 Å². The fraction of sp³-hybridized carbons (Fsp3) is 0.600. The predicted octanol–water partition coefficient (Wildman–Crippen LogP) is 2.55. The molecule has 0 saturated carbocycles. The summed E-state index contributed by atoms with van der Waals surface area (Å²) >= 11 is 4.80. The van der Waals surface area contributed by atoms with Crippen LogP contribution in [-0.4, -0.2) is 11.2 Å². The number of hydrogen-bond acceptors (Lipinski definition) is 2. The van der Waals surface area contributed by atoms with E-state index >= 15 is 0 Å². The van der Waals surface area contributed by atoms with Crippen LogP contribution in [0.3, 0.4) is 0 Å². The number of allylic oxidation sites excluding steroid dienone is 2. The van der Waals surface area contributed by atoms with E-state index in [0.29, 0.717) is 18.3 Å². The zero-order valence-corrected chi connectivity index (χ0v) is 8.14. The molecule has 0 aromatic rings. The molecule has 1 rings (SSSR count). The van der Waals surface area contributed by atoms with Gasteiger partial charge in [-0.3, -0.25) is 4.79 Å². The summed E-state index contributed by atoms with van der Waals surface area (Å²) in [6.45, 7) is 2.19. The molecule has 0 spiro atoms. The molecule has 12 heavy (non-hydrogen) atoms. The van der Waals surface area contributed by atoms with E-state index in [1.54, 1.807) is 11.4 Å². The molecule has 1 aliphatic carbocycles. The lowest BCUT2D eigenvalue weighted by molar-refractivity contribution is -0.115. The first-order valence-electron chi connectivity index (χ1n) is 4.38. The first kappa shape index (κ1) is 9.59. The minimum absolute atomic E-state index is 0.265. The van der Waals surface area contributed by atoms with Crippen molar-refractivity contribution in [1.29, 1.82) is 0 Å². The smallest absolute Gasteiger partial charge is 0.155 e. The first-order chi connectivity index (χ1) is 5.74. The second-order valence-electron chi connectivity index (χ2n) is 3.41. The number of carbonyl (C=O) groups excluding carboxylic acids is 1. The van der Waals surface area contributed by atoms with Gasteiger partial charge < -0.3 is 0 Å². The third-order valence-corrected chi connectivity index (χ3v) is 2.64. The van der Waals surface area contributed by atoms with Crippen molar-refractivity contribution in [2.24, 2.45) is 11.8 Å². The van der Waals surface area contributed by atoms with Crippen molar-refractivity contribution in [3.63, 3.8) is 0 Å². The second-order valence-corrected chi connectivity index (χ2v) is 3.74. The Hall–Kier alpha value is -0.500. The standard InChI is InChI=1S/C10H14OS/c1-8(6-7-12)9-2-4-10(11)5-3-9/h2,4,7-9H,3,5-6H2,1H3. The molecule has 1 aliphatic rings. The van der Waals surface area contributed by atoms with Gasteiger partial charge in [-0.2, -0.15) is 0 Å². The molecule has 0 aromatic heterocycles. The number of ketones is 1. The third-order valence-electron chi connectivity index (χ3n) is 2.45. The summed E-state index contributed by atoms with van der Waals surface area (Å²) in [5.41, 5.74) is 0. The average Bonchev–Trinajstić information content (AvgIpc) is 2.06. The monoisotopic (exact) mass is 182 g/mol. The SMILES string of the molecule is CC(CC=S)C1C=CC(=O)CC1. The molecule has 0 heterocycles. The lowest BCUT2D eigenvalue weighted by atomic mass is 9.84. The van der Waals surface area contributed by atoms with Gasteiger partial charge in [0.05, 0.1) is 0 Å². The molecule has 0 N–H and O–H groups in total. The Labute approximate surface area is 78.8 Å². The molecule has 2 heteroatoms. The van der Waals surface area contributed by atoms with E-state index in [1.807, 2.05) is 6.08 Å². The molecule has 1 nitrogen and oxygen atoms in total. The summed E-state index contributed by atoms with van der Waals surface area (Å²) < 4.78 is 0. The van der Waals surface area contributed by atoms with Crippen LogP contribution in [0.25, 0.3) is 0 Å². The highest BCUT2D eigenvalue weighted by Gasteiger charge is 2.17. The minimum atomic E-state index is 0.265. The number of hydrogen-bond donors (Lipinski definition) is 0. The summed E-state index contributed by atoms with van der Waals surface area (Å²) in [5, 5.41) is 1.79. The van der Waals surface area contributed by atoms with E-state index in [4.69, 9.17) is 12.2 Å². The van der Waals surface area contributed by atoms with Gasteiger partial charge in [0.1, 0.15) is 0 Å². The third kappa shape index (κ3) is 2.52. The summed E-state index contributed by atoms with van der Waals surface area (Å²) in [6.07, 6.45) is 6.44. The van der Waals surface area contributed by atoms with E-state index in [0.717, 1.165) is 12.8 Å². The van der Waals surface area contributed by atoms with Crippen molar-refractivity contribution < 1.29 is 4.79 Å². The van der Waals surface area contributed by atoms with Crippen LogP contribution in [-0.2, 0) is 4.79 Å². The van der Waals surface area contributed by atoms with Crippen LogP contribution in [0.1, 0.15) is 26.2 Å². The summed E-state index contributed by atoms with van der Waals surface area (Å²) in [4.78, 5) is 10.9. The quantitative estimate of drug-likeness (QED) is 0.624. The van der Waals surface area contributed by atoms with Crippen LogP contribution in [0.15, 0.2) is 12.2 Å². The molecule has 0 saturated heterocycles. The van der Waals surface area contributed by atoms with Crippen molar-refractivity contribution in [3.05, 3.63) is 12.2 Å². The van der Waals surface area contributed by atoms with Gasteiger partial charge in [-0.15, -0.1) is 0 Å². The fourth-order valence-corrected chi connectivity index (χ4v) is 1.82. The molecule has 0 bridgehead atoms. The number of thiocarbonyl (C=S) groups is 1. The molecule has 0 amide bonds. The van der Waals surface area contributed by atoms with Crippen LogP contribution in [0, 0.1) is 11.8 Å². The van der Waals surface area contributed by atoms with Gasteiger partial charge in [-0.25, -0.2) is 0 Å². The van der Waals surface area contributed by atoms with E-state index in [-0.39, 0.29) is 5.78 Å². The van der Waals surface area contributed by atoms with Crippen LogP contribution in [0.5, 0.6) is 0 Å². The molecular formula is C10H14OS. The van der Waals surface area contributed by atoms with Crippen molar-refractivity contribution in [2.75, 3.05) is 0 Å². The highest BCUT2D eigenvalue weighted by atomic mass is 32.1. The van der Waals surface area contributed by atoms with Gasteiger partial charge in [-0.1, -0.05) is 25.2 Å². The molecular weight excluding hydrogens is 168 g/mol. The number of rotatable bonds is 3. The molecule has 0 fully saturated rings. The highest BCUT2D eigenvalue weighted by molar-refractivity contribution is 7.78. The predicted molar refractivity (Wildman–Crippen MR) is 54.3 cm³/mol. The number of carbonyl (C=O) groups is 1. The topological polar surface area (TPSA) is 17.1 Å². The van der Waals surface area contributed by atoms with E-state index < -0.39 is 0 Å². The Bertz CT molecular complexity index is 208. The minimum Gasteiger partial charge on any atom is -0.295 e. The van der Waals surface area contributed by atoms with Crippen LogP contribution < -0.4 is 0 Å². The van der Waals surface area contributed by atoms with Crippen LogP contribution >= 0.6 is 12.2 Å². The Morgan fingerprint density at radius 1 is 1.83 bits per heavy atom. The Kier molecular flexibility index (Phi) is 3.60. The molecule has 0 aromatic carbocycles. The largest absolute Gasteiger partial charge is 0.295 e. The maximum Gasteiger partial charge on any atom is 0.155 e. The van der Waals surface area contributed by atoms with Gasteiger partial charge in [-0.05, 0) is 36.1 Å². The van der Waals surface area contributed by atoms with E-state index in [2.05, 4.69) is 6.92 Å². The molecule has 66 valence electrons. The van der Waals surface area contributed by atoms with E-state index in [1.165, 1.54) is 0 Å². The van der Waals surface area contributed by atoms with Crippen molar-refractivity contribution in [3.8, 4) is 0 Å². The average molecular weight is 182 g/mol. The maximum absolute atomic E-state index is 10.9. The van der Waals surface area contributed by atoms with Crippen molar-refractivity contribution in [2.45, 2.75) is 26.2 Å². The normalized spacial score (nSPS) is 25.4. The molecule has 0 radical (unpaired) electrons. The first-order valence-corrected chi connectivity index (χ1v) is 4.86. The van der Waals surface area contributed by atoms with Gasteiger partial charge in [0.25, 0.3) is 0 Å². The summed E-state index contributed by atoms with van der Waals surface area (Å²) in [5.74, 6) is 1.41. The lowest BCUT2D eigenvalue weighted by Crippen LogP contribution is -2.15. The van der Waals surface area contributed by atoms with Gasteiger partial charge in [0, 0.05) is 6.42 Å². The Balaban J connectivity index is 2.48. The van der Waals surface area contributed by atoms with Gasteiger partial charge >= 0.3 is 0 Å². The molecule has 2 atom stereocenters.